The normalized spacial score (nSPS) is 14.4. The average molecular weight is 358 g/mol. The van der Waals surface area contributed by atoms with Gasteiger partial charge in [0.05, 0.1) is 11.0 Å². The van der Waals surface area contributed by atoms with Crippen molar-refractivity contribution in [2.24, 2.45) is 0 Å². The predicted molar refractivity (Wildman–Crippen MR) is 117 cm³/mol. The topological polar surface area (TPSA) is 4.93 Å². The van der Waals surface area contributed by atoms with Crippen LogP contribution >= 0.6 is 0 Å². The summed E-state index contributed by atoms with van der Waals surface area (Å²) in [6, 6.07) is 34.1. The Hall–Kier alpha value is -3.32. The van der Waals surface area contributed by atoms with E-state index in [1.807, 2.05) is 6.07 Å². The molecule has 0 saturated heterocycles. The number of hydrogen-bond donors (Lipinski definition) is 0. The lowest BCUT2D eigenvalue weighted by molar-refractivity contribution is 0.661. The fourth-order valence-corrected chi connectivity index (χ4v) is 4.94. The van der Waals surface area contributed by atoms with Crippen LogP contribution in [0.4, 0.5) is 0 Å². The van der Waals surface area contributed by atoms with E-state index in [0.29, 0.717) is 0 Å². The summed E-state index contributed by atoms with van der Waals surface area (Å²) in [5.74, 6) is 0. The molecule has 0 saturated carbocycles. The van der Waals surface area contributed by atoms with Crippen LogP contribution < -0.4 is 0 Å². The summed E-state index contributed by atoms with van der Waals surface area (Å²) in [5, 5.41) is 2.47. The van der Waals surface area contributed by atoms with Crippen LogP contribution in [0, 0.1) is 6.07 Å². The van der Waals surface area contributed by atoms with Crippen molar-refractivity contribution in [3.05, 3.63) is 102 Å². The van der Waals surface area contributed by atoms with Crippen molar-refractivity contribution in [3.63, 3.8) is 0 Å². The SMILES string of the molecule is CC1(C)c2ccccc2-c2cc3c(cc21)c1[c]cccc1n3-c1ccccc1. The van der Waals surface area contributed by atoms with Crippen molar-refractivity contribution in [1.29, 1.82) is 0 Å². The first-order valence-electron chi connectivity index (χ1n) is 9.81. The molecule has 0 fully saturated rings. The lowest BCUT2D eigenvalue weighted by atomic mass is 9.82. The second-order valence-electron chi connectivity index (χ2n) is 8.19. The molecule has 5 aromatic rings. The number of hydrogen-bond acceptors (Lipinski definition) is 0. The minimum atomic E-state index is 0.00999. The van der Waals surface area contributed by atoms with Gasteiger partial charge in [0.2, 0.25) is 0 Å². The minimum Gasteiger partial charge on any atom is -0.309 e. The third-order valence-electron chi connectivity index (χ3n) is 6.30. The number of para-hydroxylation sites is 1. The zero-order valence-electron chi connectivity index (χ0n) is 16.0. The van der Waals surface area contributed by atoms with Gasteiger partial charge in [-0.3, -0.25) is 0 Å². The Bertz CT molecular complexity index is 1370. The van der Waals surface area contributed by atoms with Gasteiger partial charge in [-0.15, -0.1) is 0 Å². The summed E-state index contributed by atoms with van der Waals surface area (Å²) in [7, 11) is 0. The molecule has 0 unspecified atom stereocenters. The second kappa shape index (κ2) is 5.36. The summed E-state index contributed by atoms with van der Waals surface area (Å²) in [6.45, 7) is 4.67. The molecule has 1 radical (unpaired) electrons. The lowest BCUT2D eigenvalue weighted by Crippen LogP contribution is -2.14. The van der Waals surface area contributed by atoms with Gasteiger partial charge in [0, 0.05) is 21.9 Å². The third kappa shape index (κ3) is 1.91. The maximum absolute atomic E-state index is 3.50. The fraction of sp³-hybridized carbons (Fsp3) is 0.111. The molecule has 0 spiro atoms. The molecule has 1 heteroatoms. The van der Waals surface area contributed by atoms with Gasteiger partial charge < -0.3 is 4.57 Å². The van der Waals surface area contributed by atoms with Crippen molar-refractivity contribution >= 4 is 21.8 Å². The summed E-state index contributed by atoms with van der Waals surface area (Å²) >= 11 is 0. The van der Waals surface area contributed by atoms with Gasteiger partial charge in [-0.05, 0) is 58.7 Å². The van der Waals surface area contributed by atoms with Gasteiger partial charge in [-0.1, -0.05) is 68.4 Å². The van der Waals surface area contributed by atoms with Gasteiger partial charge in [0.1, 0.15) is 0 Å². The van der Waals surface area contributed by atoms with E-state index in [1.54, 1.807) is 0 Å². The molecule has 4 aromatic carbocycles. The molecular formula is C27H20N. The monoisotopic (exact) mass is 358 g/mol. The Morgan fingerprint density at radius 3 is 2.36 bits per heavy atom. The zero-order valence-corrected chi connectivity index (χ0v) is 16.0. The molecule has 1 aromatic heterocycles. The maximum atomic E-state index is 3.50. The molecule has 1 heterocycles. The summed E-state index contributed by atoms with van der Waals surface area (Å²) in [6.07, 6.45) is 0. The molecule has 0 amide bonds. The third-order valence-corrected chi connectivity index (χ3v) is 6.30. The van der Waals surface area contributed by atoms with Crippen LogP contribution in [0.5, 0.6) is 0 Å². The fourth-order valence-electron chi connectivity index (χ4n) is 4.94. The van der Waals surface area contributed by atoms with Crippen molar-refractivity contribution in [1.82, 2.24) is 4.57 Å². The summed E-state index contributed by atoms with van der Waals surface area (Å²) < 4.78 is 2.37. The number of aromatic nitrogens is 1. The van der Waals surface area contributed by atoms with Crippen molar-refractivity contribution in [2.45, 2.75) is 19.3 Å². The van der Waals surface area contributed by atoms with Crippen molar-refractivity contribution in [2.75, 3.05) is 0 Å². The number of nitrogens with zero attached hydrogens (tertiary/aromatic N) is 1. The maximum Gasteiger partial charge on any atom is 0.0547 e. The average Bonchev–Trinajstić information content (AvgIpc) is 3.17. The molecule has 133 valence electrons. The van der Waals surface area contributed by atoms with Crippen LogP contribution in [-0.2, 0) is 5.41 Å². The van der Waals surface area contributed by atoms with E-state index in [-0.39, 0.29) is 5.41 Å². The van der Waals surface area contributed by atoms with Crippen LogP contribution in [-0.4, -0.2) is 4.57 Å². The van der Waals surface area contributed by atoms with E-state index in [2.05, 4.69) is 103 Å². The highest BCUT2D eigenvalue weighted by Crippen LogP contribution is 2.50. The predicted octanol–water partition coefficient (Wildman–Crippen LogP) is 6.89. The van der Waals surface area contributed by atoms with E-state index in [0.717, 1.165) is 0 Å². The Balaban J connectivity index is 1.80. The molecule has 0 aliphatic heterocycles. The zero-order chi connectivity index (χ0) is 18.9. The summed E-state index contributed by atoms with van der Waals surface area (Å²) in [4.78, 5) is 0. The van der Waals surface area contributed by atoms with Gasteiger partial charge >= 0.3 is 0 Å². The largest absolute Gasteiger partial charge is 0.309 e. The first kappa shape index (κ1) is 15.7. The first-order valence-corrected chi connectivity index (χ1v) is 9.81. The minimum absolute atomic E-state index is 0.00999. The van der Waals surface area contributed by atoms with E-state index in [4.69, 9.17) is 0 Å². The van der Waals surface area contributed by atoms with Gasteiger partial charge in [-0.25, -0.2) is 0 Å². The van der Waals surface area contributed by atoms with Crippen molar-refractivity contribution in [3.8, 4) is 16.8 Å². The lowest BCUT2D eigenvalue weighted by Gasteiger charge is -2.21. The van der Waals surface area contributed by atoms with Crippen LogP contribution in [0.2, 0.25) is 0 Å². The highest BCUT2D eigenvalue weighted by Gasteiger charge is 2.36. The van der Waals surface area contributed by atoms with Crippen LogP contribution in [0.15, 0.2) is 84.9 Å². The highest BCUT2D eigenvalue weighted by molar-refractivity contribution is 6.11. The molecular weight excluding hydrogens is 338 g/mol. The molecule has 1 aliphatic rings. The number of fused-ring (bicyclic) bond motifs is 6. The van der Waals surface area contributed by atoms with Gasteiger partial charge in [-0.2, -0.15) is 0 Å². The second-order valence-corrected chi connectivity index (χ2v) is 8.19. The molecule has 0 atom stereocenters. The molecule has 28 heavy (non-hydrogen) atoms. The smallest absolute Gasteiger partial charge is 0.0547 e. The molecule has 6 rings (SSSR count). The van der Waals surface area contributed by atoms with Gasteiger partial charge in [0.15, 0.2) is 0 Å². The Kier molecular flexibility index (Phi) is 3.01. The Labute approximate surface area is 164 Å². The molecule has 1 nitrogen and oxygen atoms in total. The quantitative estimate of drug-likeness (QED) is 0.307. The first-order chi connectivity index (χ1) is 13.7. The Morgan fingerprint density at radius 1 is 0.714 bits per heavy atom. The van der Waals surface area contributed by atoms with Crippen molar-refractivity contribution < 1.29 is 0 Å². The number of benzene rings is 4. The summed E-state index contributed by atoms with van der Waals surface area (Å²) in [5.41, 5.74) is 9.19. The highest BCUT2D eigenvalue weighted by atomic mass is 15.0. The van der Waals surface area contributed by atoms with E-state index in [1.165, 1.54) is 49.7 Å². The van der Waals surface area contributed by atoms with E-state index in [9.17, 15) is 0 Å². The Morgan fingerprint density at radius 2 is 1.50 bits per heavy atom. The van der Waals surface area contributed by atoms with Gasteiger partial charge in [0.25, 0.3) is 0 Å². The molecule has 1 aliphatic carbocycles. The standard InChI is InChI=1S/C27H20N/c1-27(2)23-14-8-6-12-19(23)21-17-26-22(16-24(21)27)20-13-7-9-15-25(20)28(26)18-10-4-3-5-11-18/h3-12,14-17H,1-2H3. The van der Waals surface area contributed by atoms with E-state index < -0.39 is 0 Å². The van der Waals surface area contributed by atoms with Crippen LogP contribution in [0.1, 0.15) is 25.0 Å². The van der Waals surface area contributed by atoms with E-state index >= 15 is 0 Å². The number of rotatable bonds is 1. The van der Waals surface area contributed by atoms with Crippen LogP contribution in [0.3, 0.4) is 0 Å². The molecule has 0 bridgehead atoms. The van der Waals surface area contributed by atoms with Crippen LogP contribution in [0.25, 0.3) is 38.6 Å². The molecule has 0 N–H and O–H groups in total.